The van der Waals surface area contributed by atoms with Crippen LogP contribution >= 0.6 is 0 Å². The summed E-state index contributed by atoms with van der Waals surface area (Å²) in [7, 11) is 0. The Morgan fingerprint density at radius 2 is 2.17 bits per heavy atom. The van der Waals surface area contributed by atoms with Crippen LogP contribution in [0.2, 0.25) is 0 Å². The highest BCUT2D eigenvalue weighted by Gasteiger charge is 1.84. The van der Waals surface area contributed by atoms with Crippen molar-refractivity contribution < 1.29 is 4.42 Å². The Labute approximate surface area is 73.4 Å². The Morgan fingerprint density at radius 3 is 2.33 bits per heavy atom. The van der Waals surface area contributed by atoms with Gasteiger partial charge >= 0.3 is 0 Å². The van der Waals surface area contributed by atoms with Gasteiger partial charge in [-0.1, -0.05) is 23.8 Å². The van der Waals surface area contributed by atoms with Gasteiger partial charge in [0.1, 0.15) is 0 Å². The molecule has 0 spiro atoms. The molecule has 0 N–H and O–H groups in total. The summed E-state index contributed by atoms with van der Waals surface area (Å²) in [5.41, 5.74) is 2.57. The number of rotatable bonds is 0. The highest BCUT2D eigenvalue weighted by molar-refractivity contribution is 5.23. The van der Waals surface area contributed by atoms with E-state index in [4.69, 9.17) is 4.42 Å². The van der Waals surface area contributed by atoms with Gasteiger partial charge in [-0.15, -0.1) is 0 Å². The minimum absolute atomic E-state index is 1.14. The lowest BCUT2D eigenvalue weighted by atomic mass is 10.3. The fourth-order valence-electron chi connectivity index (χ4n) is 0.908. The zero-order chi connectivity index (χ0) is 8.81. The second-order valence-corrected chi connectivity index (χ2v) is 2.89. The van der Waals surface area contributed by atoms with Crippen molar-refractivity contribution in [3.8, 4) is 0 Å². The van der Waals surface area contributed by atoms with Gasteiger partial charge in [0, 0.05) is 0 Å². The summed E-state index contributed by atoms with van der Waals surface area (Å²) < 4.78 is 4.71. The van der Waals surface area contributed by atoms with Gasteiger partial charge in [-0.25, -0.2) is 0 Å². The largest absolute Gasteiger partial charge is 0.472 e. The van der Waals surface area contributed by atoms with Crippen LogP contribution in [0.5, 0.6) is 0 Å². The van der Waals surface area contributed by atoms with Crippen molar-refractivity contribution in [1.29, 1.82) is 0 Å². The Hall–Kier alpha value is -1.24. The Balaban J connectivity index is 0.000000120. The van der Waals surface area contributed by atoms with E-state index in [1.165, 1.54) is 11.1 Å². The average Bonchev–Trinajstić information content (AvgIpc) is 2.63. The lowest BCUT2D eigenvalue weighted by Crippen LogP contribution is -1.51. The standard InChI is InChI=1S/C6H8.C5H6O/c1-6-4-2-3-5-6;1-5-2-3-6-4-5/h2,4-5H,3H2,1H3;2-4H,1H3. The molecular weight excluding hydrogens is 148 g/mol. The highest BCUT2D eigenvalue weighted by atomic mass is 16.3. The van der Waals surface area contributed by atoms with Gasteiger partial charge in [0.2, 0.25) is 0 Å². The molecule has 0 amide bonds. The Bertz CT molecular complexity index is 262. The van der Waals surface area contributed by atoms with Crippen LogP contribution in [0.1, 0.15) is 18.9 Å². The van der Waals surface area contributed by atoms with E-state index in [0.717, 1.165) is 6.42 Å². The van der Waals surface area contributed by atoms with Crippen LogP contribution in [-0.4, -0.2) is 0 Å². The lowest BCUT2D eigenvalue weighted by molar-refractivity contribution is 0.565. The van der Waals surface area contributed by atoms with Gasteiger partial charge < -0.3 is 4.42 Å². The van der Waals surface area contributed by atoms with E-state index in [1.54, 1.807) is 12.5 Å². The van der Waals surface area contributed by atoms with Crippen LogP contribution < -0.4 is 0 Å². The first-order chi connectivity index (χ1) is 5.79. The summed E-state index contributed by atoms with van der Waals surface area (Å²) in [6, 6.07) is 1.92. The third-order valence-electron chi connectivity index (χ3n) is 1.62. The van der Waals surface area contributed by atoms with Gasteiger partial charge in [-0.2, -0.15) is 0 Å². The van der Waals surface area contributed by atoms with Crippen LogP contribution in [0.4, 0.5) is 0 Å². The van der Waals surface area contributed by atoms with Gasteiger partial charge in [-0.3, -0.25) is 0 Å². The molecule has 0 aromatic carbocycles. The molecular formula is C11H14O. The molecule has 0 atom stereocenters. The molecule has 1 heterocycles. The molecule has 0 saturated heterocycles. The Morgan fingerprint density at radius 1 is 1.33 bits per heavy atom. The molecule has 0 radical (unpaired) electrons. The van der Waals surface area contributed by atoms with Crippen LogP contribution in [0.3, 0.4) is 0 Å². The normalized spacial score (nSPS) is 13.7. The first-order valence-corrected chi connectivity index (χ1v) is 4.11. The van der Waals surface area contributed by atoms with Crippen LogP contribution in [0.15, 0.2) is 46.8 Å². The molecule has 1 aliphatic carbocycles. The van der Waals surface area contributed by atoms with E-state index >= 15 is 0 Å². The summed E-state index contributed by atoms with van der Waals surface area (Å²) >= 11 is 0. The lowest BCUT2D eigenvalue weighted by Gasteiger charge is -1.72. The molecule has 0 aliphatic heterocycles. The number of allylic oxidation sites excluding steroid dienone is 4. The van der Waals surface area contributed by atoms with E-state index in [0.29, 0.717) is 0 Å². The minimum Gasteiger partial charge on any atom is -0.472 e. The second-order valence-electron chi connectivity index (χ2n) is 2.89. The van der Waals surface area contributed by atoms with Crippen molar-refractivity contribution in [1.82, 2.24) is 0 Å². The van der Waals surface area contributed by atoms with Crippen molar-refractivity contribution in [2.75, 3.05) is 0 Å². The number of furan rings is 1. The van der Waals surface area contributed by atoms with Crippen LogP contribution in [0.25, 0.3) is 0 Å². The maximum atomic E-state index is 4.71. The Kier molecular flexibility index (Phi) is 3.39. The highest BCUT2D eigenvalue weighted by Crippen LogP contribution is 2.05. The summed E-state index contributed by atoms with van der Waals surface area (Å²) in [5, 5.41) is 0. The number of aryl methyl sites for hydroxylation is 1. The molecule has 0 fully saturated rings. The van der Waals surface area contributed by atoms with E-state index < -0.39 is 0 Å². The zero-order valence-electron chi connectivity index (χ0n) is 7.58. The van der Waals surface area contributed by atoms with Crippen molar-refractivity contribution in [2.45, 2.75) is 20.3 Å². The minimum atomic E-state index is 1.14. The quantitative estimate of drug-likeness (QED) is 0.569. The molecule has 1 nitrogen and oxygen atoms in total. The predicted molar refractivity (Wildman–Crippen MR) is 51.0 cm³/mol. The first-order valence-electron chi connectivity index (χ1n) is 4.11. The molecule has 2 rings (SSSR count). The fourth-order valence-corrected chi connectivity index (χ4v) is 0.908. The second kappa shape index (κ2) is 4.60. The van der Waals surface area contributed by atoms with Gasteiger partial charge in [0.05, 0.1) is 12.5 Å². The molecule has 12 heavy (non-hydrogen) atoms. The summed E-state index contributed by atoms with van der Waals surface area (Å²) in [6.45, 7) is 4.10. The SMILES string of the molecule is CC1=CCC=C1.Cc1ccoc1. The van der Waals surface area contributed by atoms with Crippen LogP contribution in [0, 0.1) is 6.92 Å². The predicted octanol–water partition coefficient (Wildman–Crippen LogP) is 3.48. The molecule has 0 unspecified atom stereocenters. The molecule has 0 saturated carbocycles. The molecule has 64 valence electrons. The maximum absolute atomic E-state index is 4.71. The molecule has 0 bridgehead atoms. The van der Waals surface area contributed by atoms with Gasteiger partial charge in [0.15, 0.2) is 0 Å². The average molecular weight is 162 g/mol. The number of hydrogen-bond acceptors (Lipinski definition) is 1. The monoisotopic (exact) mass is 162 g/mol. The third-order valence-corrected chi connectivity index (χ3v) is 1.62. The zero-order valence-corrected chi connectivity index (χ0v) is 7.58. The van der Waals surface area contributed by atoms with Gasteiger partial charge in [-0.05, 0) is 31.9 Å². The maximum Gasteiger partial charge on any atom is 0.0931 e. The van der Waals surface area contributed by atoms with Crippen molar-refractivity contribution in [2.24, 2.45) is 0 Å². The molecule has 1 aromatic rings. The van der Waals surface area contributed by atoms with E-state index in [-0.39, 0.29) is 0 Å². The van der Waals surface area contributed by atoms with E-state index in [9.17, 15) is 0 Å². The van der Waals surface area contributed by atoms with Crippen molar-refractivity contribution in [3.05, 3.63) is 48.0 Å². The smallest absolute Gasteiger partial charge is 0.0931 e. The molecule has 1 heteroatoms. The fraction of sp³-hybridized carbons (Fsp3) is 0.273. The van der Waals surface area contributed by atoms with Crippen molar-refractivity contribution >= 4 is 0 Å². The van der Waals surface area contributed by atoms with Gasteiger partial charge in [0.25, 0.3) is 0 Å². The van der Waals surface area contributed by atoms with Crippen molar-refractivity contribution in [3.63, 3.8) is 0 Å². The molecule has 1 aliphatic rings. The summed E-state index contributed by atoms with van der Waals surface area (Å²) in [5.74, 6) is 0. The third kappa shape index (κ3) is 3.24. The first kappa shape index (κ1) is 8.85. The topological polar surface area (TPSA) is 13.1 Å². The molecule has 1 aromatic heterocycles. The van der Waals surface area contributed by atoms with E-state index in [2.05, 4.69) is 25.2 Å². The summed E-state index contributed by atoms with van der Waals surface area (Å²) in [6.07, 6.45) is 11.0. The van der Waals surface area contributed by atoms with Crippen LogP contribution in [-0.2, 0) is 0 Å². The van der Waals surface area contributed by atoms with E-state index in [1.807, 2.05) is 13.0 Å². The number of hydrogen-bond donors (Lipinski definition) is 0. The summed E-state index contributed by atoms with van der Waals surface area (Å²) in [4.78, 5) is 0.